The topological polar surface area (TPSA) is 69.7 Å². The zero-order chi connectivity index (χ0) is 11.2. The van der Waals surface area contributed by atoms with E-state index in [-0.39, 0.29) is 18.0 Å². The van der Waals surface area contributed by atoms with Crippen LogP contribution in [0.3, 0.4) is 0 Å². The van der Waals surface area contributed by atoms with Crippen LogP contribution in [0.1, 0.15) is 26.7 Å². The Balaban J connectivity index is 2.25. The Labute approximate surface area is 90.4 Å². The summed E-state index contributed by atoms with van der Waals surface area (Å²) in [7, 11) is 0. The molecule has 4 nitrogen and oxygen atoms in total. The number of hydrogen-bond acceptors (Lipinski definition) is 4. The van der Waals surface area contributed by atoms with Crippen LogP contribution in [0.4, 0.5) is 0 Å². The second-order valence-electron chi connectivity index (χ2n) is 4.87. The van der Waals surface area contributed by atoms with Crippen molar-refractivity contribution in [1.82, 2.24) is 4.90 Å². The largest absolute Gasteiger partial charge is 0.378 e. The van der Waals surface area contributed by atoms with Gasteiger partial charge < -0.3 is 15.9 Å². The number of nitrogens with two attached hydrogens (primary N) is 1. The summed E-state index contributed by atoms with van der Waals surface area (Å²) in [6, 6.07) is 0.255. The molecule has 0 aromatic rings. The number of rotatable bonds is 1. The van der Waals surface area contributed by atoms with Crippen LogP contribution < -0.4 is 5.73 Å². The van der Waals surface area contributed by atoms with Gasteiger partial charge in [0.2, 0.25) is 0 Å². The van der Waals surface area contributed by atoms with Gasteiger partial charge in [-0.2, -0.15) is 0 Å². The minimum Gasteiger partial charge on any atom is -0.378 e. The van der Waals surface area contributed by atoms with Gasteiger partial charge in [-0.3, -0.25) is 0 Å². The van der Waals surface area contributed by atoms with Crippen LogP contribution in [-0.4, -0.2) is 39.7 Å². The van der Waals surface area contributed by atoms with Crippen molar-refractivity contribution >= 4 is 0 Å². The van der Waals surface area contributed by atoms with Gasteiger partial charge in [0.1, 0.15) is 12.5 Å². The maximum absolute atomic E-state index is 10.1. The third-order valence-corrected chi connectivity index (χ3v) is 3.48. The number of likely N-dealkylation sites (tertiary alicyclic amines) is 1. The summed E-state index contributed by atoms with van der Waals surface area (Å²) in [6.07, 6.45) is 2.36. The first-order chi connectivity index (χ1) is 7.02. The van der Waals surface area contributed by atoms with E-state index in [9.17, 15) is 10.2 Å². The minimum atomic E-state index is -0.627. The zero-order valence-corrected chi connectivity index (χ0v) is 9.30. The van der Waals surface area contributed by atoms with Gasteiger partial charge in [-0.05, 0) is 32.3 Å². The Morgan fingerprint density at radius 2 is 2.13 bits per heavy atom. The molecule has 0 radical (unpaired) electrons. The summed E-state index contributed by atoms with van der Waals surface area (Å²) >= 11 is 0. The van der Waals surface area contributed by atoms with Gasteiger partial charge in [-0.1, -0.05) is 6.08 Å². The first kappa shape index (κ1) is 11.1. The highest BCUT2D eigenvalue weighted by Gasteiger charge is 2.45. The Morgan fingerprint density at radius 3 is 2.73 bits per heavy atom. The summed E-state index contributed by atoms with van der Waals surface area (Å²) in [5.74, 6) is 0.0196. The van der Waals surface area contributed by atoms with Crippen molar-refractivity contribution in [2.45, 2.75) is 51.2 Å². The molecule has 0 spiro atoms. The van der Waals surface area contributed by atoms with Crippen LogP contribution in [0, 0.1) is 5.92 Å². The third-order valence-electron chi connectivity index (χ3n) is 3.48. The van der Waals surface area contributed by atoms with E-state index in [0.717, 1.165) is 18.4 Å². The molecule has 0 bridgehead atoms. The molecular weight excluding hydrogens is 192 g/mol. The predicted octanol–water partition coefficient (Wildman–Crippen LogP) is 0.0109. The van der Waals surface area contributed by atoms with Crippen LogP contribution >= 0.6 is 0 Å². The molecule has 4 unspecified atom stereocenters. The van der Waals surface area contributed by atoms with Crippen LogP contribution in [0.5, 0.6) is 0 Å². The molecule has 4 heteroatoms. The molecule has 0 aromatic carbocycles. The lowest BCUT2D eigenvalue weighted by Gasteiger charge is -2.28. The quantitative estimate of drug-likeness (QED) is 0.536. The van der Waals surface area contributed by atoms with Crippen molar-refractivity contribution in [2.24, 2.45) is 11.7 Å². The Hall–Kier alpha value is -0.420. The highest BCUT2D eigenvalue weighted by atomic mass is 16.3. The van der Waals surface area contributed by atoms with Crippen molar-refractivity contribution in [3.05, 3.63) is 11.6 Å². The lowest BCUT2D eigenvalue weighted by atomic mass is 9.86. The SMILES string of the molecule is CC(C)N1C(O)C2=CCC(N)CC2C1O. The van der Waals surface area contributed by atoms with Gasteiger partial charge in [0.15, 0.2) is 0 Å². The third kappa shape index (κ3) is 1.72. The number of nitrogens with zero attached hydrogens (tertiary/aromatic N) is 1. The van der Waals surface area contributed by atoms with Crippen LogP contribution in [0.15, 0.2) is 11.6 Å². The smallest absolute Gasteiger partial charge is 0.132 e. The van der Waals surface area contributed by atoms with Gasteiger partial charge in [0, 0.05) is 18.0 Å². The maximum Gasteiger partial charge on any atom is 0.132 e. The molecule has 1 saturated heterocycles. The Kier molecular flexibility index (Phi) is 2.85. The van der Waals surface area contributed by atoms with Crippen molar-refractivity contribution in [1.29, 1.82) is 0 Å². The van der Waals surface area contributed by atoms with Crippen LogP contribution in [0.2, 0.25) is 0 Å². The summed E-state index contributed by atoms with van der Waals surface area (Å²) in [5.41, 5.74) is 6.82. The molecule has 4 N–H and O–H groups in total. The molecule has 1 aliphatic carbocycles. The van der Waals surface area contributed by atoms with E-state index < -0.39 is 12.5 Å². The van der Waals surface area contributed by atoms with Gasteiger partial charge in [0.25, 0.3) is 0 Å². The number of fused-ring (bicyclic) bond motifs is 1. The summed E-state index contributed by atoms with van der Waals surface area (Å²) in [6.45, 7) is 3.95. The van der Waals surface area contributed by atoms with E-state index in [1.165, 1.54) is 0 Å². The van der Waals surface area contributed by atoms with E-state index >= 15 is 0 Å². The average Bonchev–Trinajstić information content (AvgIpc) is 2.39. The van der Waals surface area contributed by atoms with Crippen molar-refractivity contribution in [3.8, 4) is 0 Å². The van der Waals surface area contributed by atoms with E-state index in [0.29, 0.717) is 0 Å². The molecule has 0 saturated carbocycles. The zero-order valence-electron chi connectivity index (χ0n) is 9.30. The van der Waals surface area contributed by atoms with E-state index in [1.807, 2.05) is 19.9 Å². The number of hydrogen-bond donors (Lipinski definition) is 3. The maximum atomic E-state index is 10.1. The second-order valence-corrected chi connectivity index (χ2v) is 4.87. The first-order valence-corrected chi connectivity index (χ1v) is 5.61. The number of aliphatic hydroxyl groups is 2. The normalized spacial score (nSPS) is 41.9. The van der Waals surface area contributed by atoms with Gasteiger partial charge in [-0.15, -0.1) is 0 Å². The fraction of sp³-hybridized carbons (Fsp3) is 0.818. The second kappa shape index (κ2) is 3.87. The monoisotopic (exact) mass is 212 g/mol. The lowest BCUT2D eigenvalue weighted by molar-refractivity contribution is -0.0780. The Bertz CT molecular complexity index is 278. The standard InChI is InChI=1S/C11H20N2O2/c1-6(2)13-10(14)8-4-3-7(12)5-9(8)11(13)15/h4,6-7,9-11,14-15H,3,5,12H2,1-2H3. The van der Waals surface area contributed by atoms with Gasteiger partial charge >= 0.3 is 0 Å². The van der Waals surface area contributed by atoms with Crippen LogP contribution in [0.25, 0.3) is 0 Å². The van der Waals surface area contributed by atoms with E-state index in [1.54, 1.807) is 4.90 Å². The predicted molar refractivity (Wildman–Crippen MR) is 57.8 cm³/mol. The fourth-order valence-corrected chi connectivity index (χ4v) is 2.70. The minimum absolute atomic E-state index is 0.0196. The van der Waals surface area contributed by atoms with E-state index in [4.69, 9.17) is 5.73 Å². The number of aliphatic hydroxyl groups excluding tert-OH is 2. The molecule has 4 atom stereocenters. The fourth-order valence-electron chi connectivity index (χ4n) is 2.70. The van der Waals surface area contributed by atoms with Crippen molar-refractivity contribution < 1.29 is 10.2 Å². The highest BCUT2D eigenvalue weighted by Crippen LogP contribution is 2.39. The first-order valence-electron chi connectivity index (χ1n) is 5.61. The highest BCUT2D eigenvalue weighted by molar-refractivity contribution is 5.22. The van der Waals surface area contributed by atoms with Gasteiger partial charge in [-0.25, -0.2) is 4.90 Å². The molecular formula is C11H20N2O2. The average molecular weight is 212 g/mol. The summed E-state index contributed by atoms with van der Waals surface area (Å²) in [5, 5.41) is 20.2. The Morgan fingerprint density at radius 1 is 1.47 bits per heavy atom. The van der Waals surface area contributed by atoms with Gasteiger partial charge in [0.05, 0.1) is 0 Å². The summed E-state index contributed by atoms with van der Waals surface area (Å²) < 4.78 is 0. The van der Waals surface area contributed by atoms with E-state index in [2.05, 4.69) is 0 Å². The summed E-state index contributed by atoms with van der Waals surface area (Å²) in [4.78, 5) is 1.74. The molecule has 86 valence electrons. The lowest BCUT2D eigenvalue weighted by Crippen LogP contribution is -2.42. The van der Waals surface area contributed by atoms with Crippen molar-refractivity contribution in [3.63, 3.8) is 0 Å². The van der Waals surface area contributed by atoms with Crippen molar-refractivity contribution in [2.75, 3.05) is 0 Å². The molecule has 0 amide bonds. The molecule has 15 heavy (non-hydrogen) atoms. The molecule has 2 aliphatic rings. The molecule has 1 heterocycles. The molecule has 2 rings (SSSR count). The molecule has 0 aromatic heterocycles. The molecule has 1 fully saturated rings. The van der Waals surface area contributed by atoms with Crippen LogP contribution in [-0.2, 0) is 0 Å². The molecule has 1 aliphatic heterocycles.